The molecule has 1 aliphatic heterocycles. The zero-order valence-electron chi connectivity index (χ0n) is 11.5. The van der Waals surface area contributed by atoms with E-state index < -0.39 is 10.0 Å². The molecule has 19 heavy (non-hydrogen) atoms. The minimum Gasteiger partial charge on any atom is -0.337 e. The second kappa shape index (κ2) is 4.59. The van der Waals surface area contributed by atoms with Crippen LogP contribution in [0.3, 0.4) is 0 Å². The first-order chi connectivity index (χ1) is 9.00. The van der Waals surface area contributed by atoms with Crippen LogP contribution in [0.1, 0.15) is 37.9 Å². The number of imidazole rings is 1. The van der Waals surface area contributed by atoms with E-state index in [1.54, 1.807) is 15.1 Å². The van der Waals surface area contributed by atoms with Gasteiger partial charge in [0.1, 0.15) is 5.82 Å². The number of fused-ring (bicyclic) bond motifs is 1. The van der Waals surface area contributed by atoms with Crippen molar-refractivity contribution in [1.82, 2.24) is 13.9 Å². The summed E-state index contributed by atoms with van der Waals surface area (Å²) >= 11 is 0. The van der Waals surface area contributed by atoms with E-state index >= 15 is 0 Å². The van der Waals surface area contributed by atoms with E-state index in [4.69, 9.17) is 0 Å². The van der Waals surface area contributed by atoms with Gasteiger partial charge in [-0.15, -0.1) is 0 Å². The molecule has 0 spiro atoms. The van der Waals surface area contributed by atoms with Crippen molar-refractivity contribution in [2.24, 2.45) is 13.0 Å². The Balaban J connectivity index is 1.95. The van der Waals surface area contributed by atoms with E-state index in [1.165, 1.54) is 12.8 Å². The Hall–Kier alpha value is -0.880. The van der Waals surface area contributed by atoms with E-state index in [0.29, 0.717) is 12.5 Å². The Labute approximate surface area is 114 Å². The molecule has 106 valence electrons. The van der Waals surface area contributed by atoms with Gasteiger partial charge in [0.05, 0.1) is 0 Å². The lowest BCUT2D eigenvalue weighted by Gasteiger charge is -2.36. The van der Waals surface area contributed by atoms with Gasteiger partial charge in [0, 0.05) is 25.8 Å². The SMILES string of the molecule is Cc1nc(S(=O)(=O)N2CCCC3CCCC32)cn1C. The van der Waals surface area contributed by atoms with Crippen molar-refractivity contribution in [3.63, 3.8) is 0 Å². The summed E-state index contributed by atoms with van der Waals surface area (Å²) < 4.78 is 29.0. The molecule has 0 bridgehead atoms. The maximum atomic E-state index is 12.7. The number of nitrogens with zero attached hydrogens (tertiary/aromatic N) is 3. The molecule has 2 heterocycles. The predicted octanol–water partition coefficient (Wildman–Crippen LogP) is 1.68. The second-order valence-electron chi connectivity index (χ2n) is 5.75. The minimum atomic E-state index is -3.42. The van der Waals surface area contributed by atoms with Crippen molar-refractivity contribution < 1.29 is 8.42 Å². The number of aromatic nitrogens is 2. The monoisotopic (exact) mass is 283 g/mol. The first-order valence-electron chi connectivity index (χ1n) is 7.02. The van der Waals surface area contributed by atoms with Crippen LogP contribution >= 0.6 is 0 Å². The summed E-state index contributed by atoms with van der Waals surface area (Å²) in [5.41, 5.74) is 0. The number of piperidine rings is 1. The van der Waals surface area contributed by atoms with E-state index in [9.17, 15) is 8.42 Å². The topological polar surface area (TPSA) is 55.2 Å². The average Bonchev–Trinajstić information content (AvgIpc) is 2.96. The van der Waals surface area contributed by atoms with Crippen LogP contribution in [-0.4, -0.2) is 34.9 Å². The molecule has 0 radical (unpaired) electrons. The normalized spacial score (nSPS) is 28.5. The maximum absolute atomic E-state index is 12.7. The van der Waals surface area contributed by atoms with Crippen molar-refractivity contribution >= 4 is 10.0 Å². The van der Waals surface area contributed by atoms with E-state index in [-0.39, 0.29) is 11.1 Å². The average molecular weight is 283 g/mol. The summed E-state index contributed by atoms with van der Waals surface area (Å²) in [6.07, 6.45) is 7.13. The fourth-order valence-electron chi connectivity index (χ4n) is 3.48. The van der Waals surface area contributed by atoms with Crippen molar-refractivity contribution in [3.05, 3.63) is 12.0 Å². The molecule has 1 aromatic rings. The Morgan fingerprint density at radius 2 is 2.00 bits per heavy atom. The molecule has 5 nitrogen and oxygen atoms in total. The first-order valence-corrected chi connectivity index (χ1v) is 8.46. The molecule has 0 amide bonds. The van der Waals surface area contributed by atoms with Crippen LogP contribution in [0.25, 0.3) is 0 Å². The van der Waals surface area contributed by atoms with Gasteiger partial charge in [-0.3, -0.25) is 0 Å². The third-order valence-electron chi connectivity index (χ3n) is 4.60. The fraction of sp³-hybridized carbons (Fsp3) is 0.769. The number of hydrogen-bond acceptors (Lipinski definition) is 3. The Bertz CT molecular complexity index is 559. The summed E-state index contributed by atoms with van der Waals surface area (Å²) in [4.78, 5) is 4.20. The molecule has 2 atom stereocenters. The summed E-state index contributed by atoms with van der Waals surface area (Å²) in [6, 6.07) is 0.209. The fourth-order valence-corrected chi connectivity index (χ4v) is 5.26. The summed E-state index contributed by atoms with van der Waals surface area (Å²) in [6.45, 7) is 2.48. The molecule has 0 aromatic carbocycles. The van der Waals surface area contributed by atoms with Crippen LogP contribution < -0.4 is 0 Å². The maximum Gasteiger partial charge on any atom is 0.262 e. The minimum absolute atomic E-state index is 0.208. The molecule has 3 rings (SSSR count). The highest BCUT2D eigenvalue weighted by Crippen LogP contribution is 2.39. The number of hydrogen-bond donors (Lipinski definition) is 0. The van der Waals surface area contributed by atoms with Gasteiger partial charge >= 0.3 is 0 Å². The Morgan fingerprint density at radius 1 is 1.26 bits per heavy atom. The van der Waals surface area contributed by atoms with Gasteiger partial charge < -0.3 is 4.57 Å². The number of aryl methyl sites for hydroxylation is 2. The highest BCUT2D eigenvalue weighted by atomic mass is 32.2. The third kappa shape index (κ3) is 2.10. The first kappa shape index (κ1) is 13.1. The van der Waals surface area contributed by atoms with Crippen LogP contribution in [-0.2, 0) is 17.1 Å². The smallest absolute Gasteiger partial charge is 0.262 e. The van der Waals surface area contributed by atoms with Crippen molar-refractivity contribution in [3.8, 4) is 0 Å². The van der Waals surface area contributed by atoms with Gasteiger partial charge in [-0.2, -0.15) is 4.31 Å². The van der Waals surface area contributed by atoms with Gasteiger partial charge in [-0.05, 0) is 38.5 Å². The molecule has 6 heteroatoms. The number of rotatable bonds is 2. The van der Waals surface area contributed by atoms with E-state index in [1.807, 2.05) is 14.0 Å². The Morgan fingerprint density at radius 3 is 2.68 bits per heavy atom. The standard InChI is InChI=1S/C13H21N3O2S/c1-10-14-13(9-15(10)2)19(17,18)16-8-4-6-11-5-3-7-12(11)16/h9,11-12H,3-8H2,1-2H3. The van der Waals surface area contributed by atoms with Gasteiger partial charge in [0.25, 0.3) is 10.0 Å². The molecule has 2 aliphatic rings. The molecule has 1 saturated carbocycles. The zero-order valence-corrected chi connectivity index (χ0v) is 12.4. The highest BCUT2D eigenvalue weighted by Gasteiger charge is 2.42. The van der Waals surface area contributed by atoms with Gasteiger partial charge in [0.15, 0.2) is 5.03 Å². The molecule has 1 aliphatic carbocycles. The second-order valence-corrected chi connectivity index (χ2v) is 7.59. The van der Waals surface area contributed by atoms with Gasteiger partial charge in [0.2, 0.25) is 0 Å². The molecule has 0 N–H and O–H groups in total. The molecular formula is C13H21N3O2S. The summed E-state index contributed by atoms with van der Waals surface area (Å²) in [5.74, 6) is 1.30. The molecule has 2 fully saturated rings. The predicted molar refractivity (Wildman–Crippen MR) is 72.2 cm³/mol. The van der Waals surface area contributed by atoms with Crippen LogP contribution in [0.15, 0.2) is 11.2 Å². The van der Waals surface area contributed by atoms with Crippen molar-refractivity contribution in [2.45, 2.75) is 50.1 Å². The van der Waals surface area contributed by atoms with E-state index in [2.05, 4.69) is 4.98 Å². The molecular weight excluding hydrogens is 262 g/mol. The quantitative estimate of drug-likeness (QED) is 0.830. The molecule has 1 saturated heterocycles. The van der Waals surface area contributed by atoms with Crippen molar-refractivity contribution in [2.75, 3.05) is 6.54 Å². The van der Waals surface area contributed by atoms with E-state index in [0.717, 1.165) is 25.1 Å². The molecule has 1 aromatic heterocycles. The Kier molecular flexibility index (Phi) is 3.17. The largest absolute Gasteiger partial charge is 0.337 e. The van der Waals surface area contributed by atoms with Crippen LogP contribution in [0.2, 0.25) is 0 Å². The third-order valence-corrected chi connectivity index (χ3v) is 6.40. The summed E-state index contributed by atoms with van der Waals surface area (Å²) in [7, 11) is -1.59. The van der Waals surface area contributed by atoms with Gasteiger partial charge in [-0.1, -0.05) is 6.42 Å². The van der Waals surface area contributed by atoms with Crippen LogP contribution in [0.4, 0.5) is 0 Å². The van der Waals surface area contributed by atoms with Gasteiger partial charge in [-0.25, -0.2) is 13.4 Å². The van der Waals surface area contributed by atoms with Crippen LogP contribution in [0.5, 0.6) is 0 Å². The lowest BCUT2D eigenvalue weighted by molar-refractivity contribution is 0.201. The molecule has 2 unspecified atom stereocenters. The highest BCUT2D eigenvalue weighted by molar-refractivity contribution is 7.89. The number of sulfonamides is 1. The van der Waals surface area contributed by atoms with Crippen molar-refractivity contribution in [1.29, 1.82) is 0 Å². The lowest BCUT2D eigenvalue weighted by atomic mass is 9.94. The zero-order chi connectivity index (χ0) is 13.6. The summed E-state index contributed by atoms with van der Waals surface area (Å²) in [5, 5.41) is 0.208. The lowest BCUT2D eigenvalue weighted by Crippen LogP contribution is -2.46. The van der Waals surface area contributed by atoms with Crippen LogP contribution in [0, 0.1) is 12.8 Å².